The fourth-order valence-corrected chi connectivity index (χ4v) is 2.37. The van der Waals surface area contributed by atoms with E-state index in [1.165, 1.54) is 0 Å². The summed E-state index contributed by atoms with van der Waals surface area (Å²) in [6, 6.07) is 15.3. The molecule has 0 saturated heterocycles. The maximum absolute atomic E-state index is 11.9. The van der Waals surface area contributed by atoms with Gasteiger partial charge in [0.2, 0.25) is 0 Å². The number of hydrogen-bond donors (Lipinski definition) is 1. The van der Waals surface area contributed by atoms with E-state index in [0.717, 1.165) is 16.6 Å². The zero-order chi connectivity index (χ0) is 12.5. The van der Waals surface area contributed by atoms with E-state index >= 15 is 0 Å². The van der Waals surface area contributed by atoms with Crippen molar-refractivity contribution in [3.8, 4) is 0 Å². The number of fused-ring (bicyclic) bond motifs is 1. The largest absolute Gasteiger partial charge is 0.326 e. The Bertz CT molecular complexity index is 743. The second-order valence-corrected chi connectivity index (χ2v) is 4.55. The Morgan fingerprint density at radius 1 is 1.06 bits per heavy atom. The highest BCUT2D eigenvalue weighted by atomic mass is 35.5. The lowest BCUT2D eigenvalue weighted by Gasteiger charge is -2.04. The van der Waals surface area contributed by atoms with Crippen LogP contribution in [-0.2, 0) is 6.54 Å². The molecule has 3 rings (SSSR count). The normalized spacial score (nSPS) is 10.9. The highest BCUT2D eigenvalue weighted by Crippen LogP contribution is 2.21. The standard InChI is InChI=1S/C14H11ClN2O/c15-11-7-4-8-12-13(11)17(14(18)16-12)9-10-5-2-1-3-6-10/h1-8H,9H2,(H,16,18). The number of aromatic nitrogens is 2. The molecule has 1 aromatic heterocycles. The van der Waals surface area contributed by atoms with Gasteiger partial charge in [-0.25, -0.2) is 4.79 Å². The Morgan fingerprint density at radius 3 is 2.61 bits per heavy atom. The molecule has 90 valence electrons. The number of rotatable bonds is 2. The Hall–Kier alpha value is -2.00. The lowest BCUT2D eigenvalue weighted by atomic mass is 10.2. The second-order valence-electron chi connectivity index (χ2n) is 4.14. The first kappa shape index (κ1) is 11.1. The van der Waals surface area contributed by atoms with Gasteiger partial charge in [-0.15, -0.1) is 0 Å². The number of hydrogen-bond acceptors (Lipinski definition) is 1. The van der Waals surface area contributed by atoms with Crippen molar-refractivity contribution in [3.63, 3.8) is 0 Å². The molecular weight excluding hydrogens is 248 g/mol. The molecule has 0 unspecified atom stereocenters. The maximum atomic E-state index is 11.9. The van der Waals surface area contributed by atoms with Crippen molar-refractivity contribution in [3.05, 3.63) is 69.6 Å². The van der Waals surface area contributed by atoms with Crippen molar-refractivity contribution < 1.29 is 0 Å². The van der Waals surface area contributed by atoms with Crippen LogP contribution in [0.5, 0.6) is 0 Å². The lowest BCUT2D eigenvalue weighted by molar-refractivity contribution is 0.787. The third-order valence-corrected chi connectivity index (χ3v) is 3.23. The average molecular weight is 259 g/mol. The van der Waals surface area contributed by atoms with E-state index in [0.29, 0.717) is 11.6 Å². The van der Waals surface area contributed by atoms with E-state index in [4.69, 9.17) is 11.6 Å². The van der Waals surface area contributed by atoms with Crippen LogP contribution in [0.2, 0.25) is 5.02 Å². The predicted molar refractivity (Wildman–Crippen MR) is 73.1 cm³/mol. The number of aromatic amines is 1. The smallest absolute Gasteiger partial charge is 0.305 e. The van der Waals surface area contributed by atoms with Gasteiger partial charge in [-0.1, -0.05) is 48.0 Å². The van der Waals surface area contributed by atoms with Gasteiger partial charge in [0, 0.05) is 0 Å². The van der Waals surface area contributed by atoms with Gasteiger partial charge >= 0.3 is 5.69 Å². The zero-order valence-corrected chi connectivity index (χ0v) is 10.3. The number of halogens is 1. The molecule has 0 aliphatic rings. The summed E-state index contributed by atoms with van der Waals surface area (Å²) in [6.45, 7) is 0.517. The molecule has 2 aromatic carbocycles. The van der Waals surface area contributed by atoms with Gasteiger partial charge in [0.15, 0.2) is 0 Å². The first-order valence-corrected chi connectivity index (χ1v) is 6.04. The number of nitrogens with one attached hydrogen (secondary N) is 1. The molecule has 0 fully saturated rings. The molecule has 18 heavy (non-hydrogen) atoms. The summed E-state index contributed by atoms with van der Waals surface area (Å²) in [6.07, 6.45) is 0. The third-order valence-electron chi connectivity index (χ3n) is 2.93. The monoisotopic (exact) mass is 258 g/mol. The van der Waals surface area contributed by atoms with E-state index in [1.54, 1.807) is 10.6 Å². The van der Waals surface area contributed by atoms with Gasteiger partial charge in [-0.3, -0.25) is 4.57 Å². The summed E-state index contributed by atoms with van der Waals surface area (Å²) in [5.41, 5.74) is 2.46. The van der Waals surface area contributed by atoms with Crippen LogP contribution >= 0.6 is 11.6 Å². The first-order chi connectivity index (χ1) is 8.75. The number of imidazole rings is 1. The van der Waals surface area contributed by atoms with Crippen LogP contribution < -0.4 is 5.69 Å². The summed E-state index contributed by atoms with van der Waals surface area (Å²) in [4.78, 5) is 14.8. The molecule has 0 spiro atoms. The molecule has 0 bridgehead atoms. The molecule has 0 atom stereocenters. The van der Waals surface area contributed by atoms with E-state index in [2.05, 4.69) is 4.98 Å². The molecule has 0 aliphatic carbocycles. The Morgan fingerprint density at radius 2 is 1.83 bits per heavy atom. The molecular formula is C14H11ClN2O. The van der Waals surface area contributed by atoms with E-state index in [1.807, 2.05) is 42.5 Å². The molecule has 0 radical (unpaired) electrons. The van der Waals surface area contributed by atoms with Crippen LogP contribution in [0.1, 0.15) is 5.56 Å². The molecule has 0 saturated carbocycles. The van der Waals surface area contributed by atoms with Crippen LogP contribution in [0.15, 0.2) is 53.3 Å². The summed E-state index contributed by atoms with van der Waals surface area (Å²) >= 11 is 6.16. The fraction of sp³-hybridized carbons (Fsp3) is 0.0714. The average Bonchev–Trinajstić information content (AvgIpc) is 2.69. The van der Waals surface area contributed by atoms with Crippen molar-refractivity contribution in [1.29, 1.82) is 0 Å². The van der Waals surface area contributed by atoms with Crippen LogP contribution in [0.3, 0.4) is 0 Å². The van der Waals surface area contributed by atoms with Gasteiger partial charge in [0.1, 0.15) is 0 Å². The minimum Gasteiger partial charge on any atom is -0.305 e. The minimum absolute atomic E-state index is 0.137. The van der Waals surface area contributed by atoms with Crippen molar-refractivity contribution in [2.45, 2.75) is 6.54 Å². The van der Waals surface area contributed by atoms with Gasteiger partial charge in [-0.05, 0) is 17.7 Å². The topological polar surface area (TPSA) is 37.8 Å². The van der Waals surface area contributed by atoms with Crippen LogP contribution in [-0.4, -0.2) is 9.55 Å². The maximum Gasteiger partial charge on any atom is 0.326 e. The molecule has 4 heteroatoms. The summed E-state index contributed by atoms with van der Waals surface area (Å²) in [7, 11) is 0. The molecule has 3 aromatic rings. The highest BCUT2D eigenvalue weighted by Gasteiger charge is 2.09. The van der Waals surface area contributed by atoms with Gasteiger partial charge in [0.05, 0.1) is 22.6 Å². The van der Waals surface area contributed by atoms with Crippen molar-refractivity contribution in [1.82, 2.24) is 9.55 Å². The fourth-order valence-electron chi connectivity index (χ4n) is 2.09. The summed E-state index contributed by atoms with van der Waals surface area (Å²) in [5.74, 6) is 0. The van der Waals surface area contributed by atoms with Gasteiger partial charge < -0.3 is 4.98 Å². The highest BCUT2D eigenvalue weighted by molar-refractivity contribution is 6.34. The zero-order valence-electron chi connectivity index (χ0n) is 9.56. The Labute approximate surface area is 109 Å². The van der Waals surface area contributed by atoms with Gasteiger partial charge in [-0.2, -0.15) is 0 Å². The van der Waals surface area contributed by atoms with Gasteiger partial charge in [0.25, 0.3) is 0 Å². The molecule has 1 N–H and O–H groups in total. The number of para-hydroxylation sites is 1. The summed E-state index contributed by atoms with van der Waals surface area (Å²) in [5, 5.41) is 0.585. The molecule has 0 amide bonds. The van der Waals surface area contributed by atoms with Crippen molar-refractivity contribution in [2.75, 3.05) is 0 Å². The van der Waals surface area contributed by atoms with Crippen LogP contribution in [0.4, 0.5) is 0 Å². The molecule has 0 aliphatic heterocycles. The predicted octanol–water partition coefficient (Wildman–Crippen LogP) is 3.03. The van der Waals surface area contributed by atoms with Crippen molar-refractivity contribution >= 4 is 22.6 Å². The van der Waals surface area contributed by atoms with Crippen molar-refractivity contribution in [2.24, 2.45) is 0 Å². The SMILES string of the molecule is O=c1[nH]c2cccc(Cl)c2n1Cc1ccccc1. The van der Waals surface area contributed by atoms with E-state index in [-0.39, 0.29) is 5.69 Å². The van der Waals surface area contributed by atoms with E-state index < -0.39 is 0 Å². The number of nitrogens with zero attached hydrogens (tertiary/aromatic N) is 1. The Kier molecular flexibility index (Phi) is 2.68. The molecule has 3 nitrogen and oxygen atoms in total. The second kappa shape index (κ2) is 4.35. The quantitative estimate of drug-likeness (QED) is 0.754. The Balaban J connectivity index is 2.17. The first-order valence-electron chi connectivity index (χ1n) is 5.66. The minimum atomic E-state index is -0.137. The third kappa shape index (κ3) is 1.83. The lowest BCUT2D eigenvalue weighted by Crippen LogP contribution is -2.17. The van der Waals surface area contributed by atoms with E-state index in [9.17, 15) is 4.79 Å². The van der Waals surface area contributed by atoms with Crippen LogP contribution in [0.25, 0.3) is 11.0 Å². The number of benzene rings is 2. The summed E-state index contributed by atoms with van der Waals surface area (Å²) < 4.78 is 1.66. The number of H-pyrrole nitrogens is 1. The van der Waals surface area contributed by atoms with Crippen LogP contribution in [0, 0.1) is 0 Å². The molecule has 1 heterocycles.